The van der Waals surface area contributed by atoms with E-state index in [1.807, 2.05) is 0 Å². The molecule has 0 N–H and O–H groups in total. The molecule has 1 aliphatic rings. The van der Waals surface area contributed by atoms with Crippen molar-refractivity contribution in [3.63, 3.8) is 0 Å². The van der Waals surface area contributed by atoms with Crippen LogP contribution in [-0.4, -0.2) is 52.4 Å². The van der Waals surface area contributed by atoms with Gasteiger partial charge >= 0.3 is 0 Å². The van der Waals surface area contributed by atoms with Gasteiger partial charge in [-0.25, -0.2) is 0 Å². The molecule has 1 rings (SSSR count). The summed E-state index contributed by atoms with van der Waals surface area (Å²) in [6.45, 7) is 8.04. The molecule has 4 nitrogen and oxygen atoms in total. The molecule has 1 heterocycles. The van der Waals surface area contributed by atoms with Gasteiger partial charge in [0, 0.05) is 6.61 Å². The van der Waals surface area contributed by atoms with Crippen LogP contribution >= 0.6 is 0 Å². The molecule has 0 aromatic heterocycles. The van der Waals surface area contributed by atoms with Gasteiger partial charge in [-0.15, -0.1) is 0 Å². The molecule has 0 aromatic carbocycles. The van der Waals surface area contributed by atoms with Crippen molar-refractivity contribution in [1.82, 2.24) is 0 Å². The summed E-state index contributed by atoms with van der Waals surface area (Å²) in [5, 5.41) is 0. The molecule has 77 valence electrons. The standard InChI is InChI=1S/C9H17O4/c1-2-10-3-4-11-5-6-12-7-9-8-13-9/h9H,1-8H2. The van der Waals surface area contributed by atoms with Crippen LogP contribution in [0.3, 0.4) is 0 Å². The fourth-order valence-electron chi connectivity index (χ4n) is 0.819. The first-order valence-electron chi connectivity index (χ1n) is 4.57. The molecule has 4 heteroatoms. The van der Waals surface area contributed by atoms with Crippen LogP contribution in [0.2, 0.25) is 0 Å². The molecule has 0 amide bonds. The highest BCUT2D eigenvalue weighted by molar-refractivity contribution is 4.66. The Balaban J connectivity index is 1.63. The number of hydrogen-bond donors (Lipinski definition) is 0. The monoisotopic (exact) mass is 189 g/mol. The lowest BCUT2D eigenvalue weighted by molar-refractivity contribution is 0.0162. The van der Waals surface area contributed by atoms with Gasteiger partial charge in [-0.2, -0.15) is 0 Å². The predicted molar refractivity (Wildman–Crippen MR) is 47.6 cm³/mol. The first kappa shape index (κ1) is 10.9. The molecule has 1 radical (unpaired) electrons. The molecule has 1 unspecified atom stereocenters. The van der Waals surface area contributed by atoms with E-state index in [2.05, 4.69) is 6.92 Å². The highest BCUT2D eigenvalue weighted by Gasteiger charge is 2.21. The van der Waals surface area contributed by atoms with E-state index >= 15 is 0 Å². The highest BCUT2D eigenvalue weighted by atomic mass is 16.6. The van der Waals surface area contributed by atoms with E-state index in [-0.39, 0.29) is 0 Å². The van der Waals surface area contributed by atoms with E-state index in [0.29, 0.717) is 45.7 Å². The first-order chi connectivity index (χ1) is 6.43. The average Bonchev–Trinajstić information content (AvgIpc) is 2.93. The summed E-state index contributed by atoms with van der Waals surface area (Å²) in [6, 6.07) is 0. The minimum Gasteiger partial charge on any atom is -0.379 e. The Morgan fingerprint density at radius 2 is 1.69 bits per heavy atom. The second-order valence-electron chi connectivity index (χ2n) is 2.76. The summed E-state index contributed by atoms with van der Waals surface area (Å²) in [7, 11) is 0. The zero-order valence-corrected chi connectivity index (χ0v) is 7.87. The molecule has 0 aliphatic carbocycles. The number of hydrogen-bond acceptors (Lipinski definition) is 4. The van der Waals surface area contributed by atoms with E-state index in [1.54, 1.807) is 0 Å². The fraction of sp³-hybridized carbons (Fsp3) is 0.889. The number of epoxide rings is 1. The maximum Gasteiger partial charge on any atom is 0.104 e. The van der Waals surface area contributed by atoms with Gasteiger partial charge in [-0.1, -0.05) is 0 Å². The molecule has 1 atom stereocenters. The smallest absolute Gasteiger partial charge is 0.104 e. The van der Waals surface area contributed by atoms with Gasteiger partial charge in [0.2, 0.25) is 0 Å². The van der Waals surface area contributed by atoms with Crippen LogP contribution in [0.5, 0.6) is 0 Å². The van der Waals surface area contributed by atoms with Gasteiger partial charge < -0.3 is 18.9 Å². The molecule has 1 saturated heterocycles. The lowest BCUT2D eigenvalue weighted by atomic mass is 10.5. The van der Waals surface area contributed by atoms with Crippen LogP contribution in [0, 0.1) is 6.92 Å². The van der Waals surface area contributed by atoms with Gasteiger partial charge in [0.25, 0.3) is 0 Å². The Labute approximate surface area is 79.1 Å². The van der Waals surface area contributed by atoms with Crippen LogP contribution < -0.4 is 0 Å². The zero-order chi connectivity index (χ0) is 9.36. The van der Waals surface area contributed by atoms with Crippen LogP contribution in [-0.2, 0) is 18.9 Å². The van der Waals surface area contributed by atoms with Crippen molar-refractivity contribution in [3.8, 4) is 0 Å². The Kier molecular flexibility index (Phi) is 6.10. The summed E-state index contributed by atoms with van der Waals surface area (Å²) in [6.07, 6.45) is 0.342. The molecular formula is C9H17O4. The zero-order valence-electron chi connectivity index (χ0n) is 7.87. The molecule has 1 aliphatic heterocycles. The first-order valence-corrected chi connectivity index (χ1v) is 4.57. The fourth-order valence-corrected chi connectivity index (χ4v) is 0.819. The SMILES string of the molecule is [CH2]COCCOCCOCC1CO1. The topological polar surface area (TPSA) is 40.2 Å². The molecule has 0 aromatic rings. The second-order valence-corrected chi connectivity index (χ2v) is 2.76. The number of rotatable bonds is 9. The van der Waals surface area contributed by atoms with Crippen molar-refractivity contribution < 1.29 is 18.9 Å². The van der Waals surface area contributed by atoms with Crippen molar-refractivity contribution >= 4 is 0 Å². The van der Waals surface area contributed by atoms with E-state index in [0.717, 1.165) is 6.61 Å². The Morgan fingerprint density at radius 3 is 2.31 bits per heavy atom. The summed E-state index contributed by atoms with van der Waals surface area (Å²) < 4.78 is 20.4. The second kappa shape index (κ2) is 7.26. The normalized spacial score (nSPS) is 20.5. The third-order valence-corrected chi connectivity index (χ3v) is 1.59. The van der Waals surface area contributed by atoms with Crippen molar-refractivity contribution in [3.05, 3.63) is 6.92 Å². The molecule has 0 bridgehead atoms. The number of ether oxygens (including phenoxy) is 4. The van der Waals surface area contributed by atoms with E-state index < -0.39 is 0 Å². The maximum absolute atomic E-state index is 5.26. The lowest BCUT2D eigenvalue weighted by Gasteiger charge is -2.04. The summed E-state index contributed by atoms with van der Waals surface area (Å²) in [4.78, 5) is 0. The van der Waals surface area contributed by atoms with Gasteiger partial charge in [0.15, 0.2) is 0 Å². The Morgan fingerprint density at radius 1 is 1.08 bits per heavy atom. The Bertz CT molecular complexity index is 114. The quantitative estimate of drug-likeness (QED) is 0.385. The van der Waals surface area contributed by atoms with Crippen molar-refractivity contribution in [2.45, 2.75) is 6.10 Å². The van der Waals surface area contributed by atoms with Crippen molar-refractivity contribution in [2.24, 2.45) is 0 Å². The third-order valence-electron chi connectivity index (χ3n) is 1.59. The van der Waals surface area contributed by atoms with Gasteiger partial charge in [-0.3, -0.25) is 0 Å². The molecule has 0 saturated carbocycles. The van der Waals surface area contributed by atoms with E-state index in [9.17, 15) is 0 Å². The highest BCUT2D eigenvalue weighted by Crippen LogP contribution is 2.07. The average molecular weight is 189 g/mol. The minimum atomic E-state index is 0.342. The van der Waals surface area contributed by atoms with Crippen LogP contribution in [0.4, 0.5) is 0 Å². The largest absolute Gasteiger partial charge is 0.379 e. The maximum atomic E-state index is 5.26. The summed E-state index contributed by atoms with van der Waals surface area (Å²) in [5.41, 5.74) is 0. The van der Waals surface area contributed by atoms with Gasteiger partial charge in [-0.05, 0) is 6.92 Å². The molecule has 0 spiro atoms. The minimum absolute atomic E-state index is 0.342. The third kappa shape index (κ3) is 6.95. The van der Waals surface area contributed by atoms with E-state index in [4.69, 9.17) is 18.9 Å². The summed E-state index contributed by atoms with van der Waals surface area (Å²) in [5.74, 6) is 0. The molecule has 13 heavy (non-hydrogen) atoms. The van der Waals surface area contributed by atoms with Crippen LogP contribution in [0.15, 0.2) is 0 Å². The molecule has 1 fully saturated rings. The lowest BCUT2D eigenvalue weighted by Crippen LogP contribution is -2.11. The molecular weight excluding hydrogens is 172 g/mol. The van der Waals surface area contributed by atoms with E-state index in [1.165, 1.54) is 0 Å². The Hall–Kier alpha value is -0.160. The van der Waals surface area contributed by atoms with Crippen molar-refractivity contribution in [1.29, 1.82) is 0 Å². The van der Waals surface area contributed by atoms with Crippen LogP contribution in [0.1, 0.15) is 0 Å². The van der Waals surface area contributed by atoms with Gasteiger partial charge in [0.05, 0.1) is 39.6 Å². The predicted octanol–water partition coefficient (Wildman–Crippen LogP) is 0.269. The van der Waals surface area contributed by atoms with Crippen LogP contribution in [0.25, 0.3) is 0 Å². The van der Waals surface area contributed by atoms with Gasteiger partial charge in [0.1, 0.15) is 6.10 Å². The summed E-state index contributed by atoms with van der Waals surface area (Å²) >= 11 is 0. The van der Waals surface area contributed by atoms with Crippen molar-refractivity contribution in [2.75, 3.05) is 46.2 Å².